The highest BCUT2D eigenvalue weighted by atomic mass is 16.5. The summed E-state index contributed by atoms with van der Waals surface area (Å²) in [6, 6.07) is 7.58. The van der Waals surface area contributed by atoms with Gasteiger partial charge in [-0.25, -0.2) is 0 Å². The van der Waals surface area contributed by atoms with Crippen LogP contribution in [-0.4, -0.2) is 27.8 Å². The molecule has 0 saturated heterocycles. The lowest BCUT2D eigenvalue weighted by atomic mass is 10.00. The molecule has 0 bridgehead atoms. The molecule has 5 heteroatoms. The van der Waals surface area contributed by atoms with Gasteiger partial charge >= 0.3 is 0 Å². The minimum atomic E-state index is 0.000387. The fraction of sp³-hybridized carbons (Fsp3) is 0.167. The lowest BCUT2D eigenvalue weighted by molar-refractivity contribution is 0.101. The second kappa shape index (κ2) is 6.54. The summed E-state index contributed by atoms with van der Waals surface area (Å²) < 4.78 is 5.33. The Morgan fingerprint density at radius 1 is 1.00 bits per heavy atom. The molecule has 23 heavy (non-hydrogen) atoms. The highest BCUT2D eigenvalue weighted by Crippen LogP contribution is 2.34. The topological polar surface area (TPSA) is 67.9 Å². The smallest absolute Gasteiger partial charge is 0.162 e. The number of rotatable bonds is 5. The van der Waals surface area contributed by atoms with Crippen molar-refractivity contribution >= 4 is 5.78 Å². The Morgan fingerprint density at radius 3 is 2.00 bits per heavy atom. The van der Waals surface area contributed by atoms with Crippen LogP contribution in [0.5, 0.6) is 0 Å². The van der Waals surface area contributed by atoms with Crippen molar-refractivity contribution in [2.45, 2.75) is 13.5 Å². The van der Waals surface area contributed by atoms with Crippen molar-refractivity contribution in [3.05, 3.63) is 60.2 Å². The number of ether oxygens (including phenoxy) is 1. The number of pyridine rings is 2. The normalized spacial score (nSPS) is 10.7. The van der Waals surface area contributed by atoms with Crippen LogP contribution in [0.15, 0.2) is 49.1 Å². The van der Waals surface area contributed by atoms with Gasteiger partial charge in [-0.2, -0.15) is 0 Å². The largest absolute Gasteiger partial charge is 0.380 e. The van der Waals surface area contributed by atoms with Crippen molar-refractivity contribution in [1.82, 2.24) is 15.0 Å². The van der Waals surface area contributed by atoms with Crippen LogP contribution in [-0.2, 0) is 11.3 Å². The average Bonchev–Trinajstić information content (AvgIpc) is 2.96. The lowest BCUT2D eigenvalue weighted by Crippen LogP contribution is -2.00. The standard InChI is InChI=1S/C18H17N3O2/c1-12(22)16-15(11-23-2)17(13-3-7-19-8-4-13)21-18(16)14-5-9-20-10-6-14/h3-10,21H,11H2,1-2H3. The fourth-order valence-corrected chi connectivity index (χ4v) is 2.72. The third kappa shape index (κ3) is 2.91. The first kappa shape index (κ1) is 15.1. The van der Waals surface area contributed by atoms with Crippen LogP contribution in [0.2, 0.25) is 0 Å². The summed E-state index contributed by atoms with van der Waals surface area (Å²) in [6.45, 7) is 1.93. The summed E-state index contributed by atoms with van der Waals surface area (Å²) in [5.41, 5.74) is 5.07. The number of hydrogen-bond donors (Lipinski definition) is 1. The summed E-state index contributed by atoms with van der Waals surface area (Å²) in [5.74, 6) is 0.000387. The van der Waals surface area contributed by atoms with Crippen molar-refractivity contribution in [2.24, 2.45) is 0 Å². The average molecular weight is 307 g/mol. The van der Waals surface area contributed by atoms with E-state index in [2.05, 4.69) is 15.0 Å². The summed E-state index contributed by atoms with van der Waals surface area (Å²) in [4.78, 5) is 23.8. The van der Waals surface area contributed by atoms with Crippen LogP contribution in [0.3, 0.4) is 0 Å². The van der Waals surface area contributed by atoms with Gasteiger partial charge in [0.15, 0.2) is 5.78 Å². The molecule has 0 atom stereocenters. The van der Waals surface area contributed by atoms with Crippen LogP contribution in [0.25, 0.3) is 22.5 Å². The first-order chi connectivity index (χ1) is 11.2. The number of aromatic amines is 1. The Bertz CT molecular complexity index is 811. The molecule has 0 aromatic carbocycles. The Kier molecular flexibility index (Phi) is 4.30. The second-order valence-electron chi connectivity index (χ2n) is 5.19. The van der Waals surface area contributed by atoms with E-state index in [4.69, 9.17) is 4.74 Å². The molecule has 5 nitrogen and oxygen atoms in total. The molecule has 0 unspecified atom stereocenters. The molecule has 0 aliphatic heterocycles. The second-order valence-corrected chi connectivity index (χ2v) is 5.19. The van der Waals surface area contributed by atoms with Gasteiger partial charge in [0.1, 0.15) is 0 Å². The molecule has 0 radical (unpaired) electrons. The third-order valence-electron chi connectivity index (χ3n) is 3.68. The SMILES string of the molecule is COCc1c(-c2ccncc2)[nH]c(-c2ccncc2)c1C(C)=O. The molecule has 0 fully saturated rings. The zero-order valence-electron chi connectivity index (χ0n) is 13.0. The van der Waals surface area contributed by atoms with E-state index in [0.29, 0.717) is 12.2 Å². The minimum absolute atomic E-state index is 0.000387. The number of Topliss-reactive ketones (excluding diaryl/α,β-unsaturated/α-hetero) is 1. The van der Waals surface area contributed by atoms with Gasteiger partial charge < -0.3 is 9.72 Å². The number of carbonyl (C=O) groups is 1. The molecule has 0 aliphatic rings. The van der Waals surface area contributed by atoms with Crippen LogP contribution >= 0.6 is 0 Å². The molecule has 0 spiro atoms. The van der Waals surface area contributed by atoms with Crippen molar-refractivity contribution in [3.8, 4) is 22.5 Å². The Hall–Kier alpha value is -2.79. The van der Waals surface area contributed by atoms with Crippen molar-refractivity contribution in [2.75, 3.05) is 7.11 Å². The van der Waals surface area contributed by atoms with Gasteiger partial charge in [0.25, 0.3) is 0 Å². The van der Waals surface area contributed by atoms with Crippen LogP contribution in [0.1, 0.15) is 22.8 Å². The van der Waals surface area contributed by atoms with Gasteiger partial charge in [-0.1, -0.05) is 0 Å². The Morgan fingerprint density at radius 2 is 1.52 bits per heavy atom. The van der Waals surface area contributed by atoms with Crippen molar-refractivity contribution < 1.29 is 9.53 Å². The molecule has 3 aromatic heterocycles. The number of H-pyrrole nitrogens is 1. The minimum Gasteiger partial charge on any atom is -0.380 e. The molecule has 0 aliphatic carbocycles. The Balaban J connectivity index is 2.27. The van der Waals surface area contributed by atoms with E-state index in [1.54, 1.807) is 38.8 Å². The van der Waals surface area contributed by atoms with E-state index in [9.17, 15) is 4.79 Å². The number of nitrogens with zero attached hydrogens (tertiary/aromatic N) is 2. The predicted molar refractivity (Wildman–Crippen MR) is 88.0 cm³/mol. The summed E-state index contributed by atoms with van der Waals surface area (Å²) >= 11 is 0. The maximum Gasteiger partial charge on any atom is 0.162 e. The summed E-state index contributed by atoms with van der Waals surface area (Å²) in [6.07, 6.45) is 6.88. The number of nitrogens with one attached hydrogen (secondary N) is 1. The van der Waals surface area contributed by atoms with Gasteiger partial charge in [-0.05, 0) is 31.2 Å². The van der Waals surface area contributed by atoms with E-state index in [-0.39, 0.29) is 5.78 Å². The highest BCUT2D eigenvalue weighted by molar-refractivity contribution is 6.03. The first-order valence-corrected chi connectivity index (χ1v) is 7.28. The van der Waals surface area contributed by atoms with Crippen LogP contribution < -0.4 is 0 Å². The number of ketones is 1. The zero-order chi connectivity index (χ0) is 16.2. The van der Waals surface area contributed by atoms with Gasteiger partial charge in [0.05, 0.1) is 18.0 Å². The van der Waals surface area contributed by atoms with Gasteiger partial charge in [0, 0.05) is 54.2 Å². The van der Waals surface area contributed by atoms with E-state index in [1.165, 1.54) is 0 Å². The van der Waals surface area contributed by atoms with Gasteiger partial charge in [0.2, 0.25) is 0 Å². The number of hydrogen-bond acceptors (Lipinski definition) is 4. The van der Waals surface area contributed by atoms with Crippen molar-refractivity contribution in [3.63, 3.8) is 0 Å². The maximum absolute atomic E-state index is 12.3. The number of aromatic nitrogens is 3. The molecule has 1 N–H and O–H groups in total. The number of methoxy groups -OCH3 is 1. The van der Waals surface area contributed by atoms with E-state index >= 15 is 0 Å². The molecule has 0 amide bonds. The van der Waals surface area contributed by atoms with Crippen molar-refractivity contribution in [1.29, 1.82) is 0 Å². The molecule has 3 heterocycles. The molecular weight excluding hydrogens is 290 g/mol. The maximum atomic E-state index is 12.3. The Labute approximate surface area is 134 Å². The number of carbonyl (C=O) groups excluding carboxylic acids is 1. The van der Waals surface area contributed by atoms with Crippen LogP contribution in [0.4, 0.5) is 0 Å². The molecule has 3 rings (SSSR count). The van der Waals surface area contributed by atoms with Gasteiger partial charge in [-0.15, -0.1) is 0 Å². The predicted octanol–water partition coefficient (Wildman–Crippen LogP) is 3.49. The molecule has 3 aromatic rings. The monoisotopic (exact) mass is 307 g/mol. The van der Waals surface area contributed by atoms with E-state index in [0.717, 1.165) is 28.1 Å². The summed E-state index contributed by atoms with van der Waals surface area (Å²) in [5, 5.41) is 0. The quantitative estimate of drug-likeness (QED) is 0.733. The van der Waals surface area contributed by atoms with Crippen LogP contribution in [0, 0.1) is 0 Å². The zero-order valence-corrected chi connectivity index (χ0v) is 13.0. The third-order valence-corrected chi connectivity index (χ3v) is 3.68. The van der Waals surface area contributed by atoms with E-state index in [1.807, 2.05) is 24.3 Å². The molecule has 0 saturated carbocycles. The highest BCUT2D eigenvalue weighted by Gasteiger charge is 2.22. The molecule has 116 valence electrons. The van der Waals surface area contributed by atoms with E-state index < -0.39 is 0 Å². The summed E-state index contributed by atoms with van der Waals surface area (Å²) in [7, 11) is 1.62. The van der Waals surface area contributed by atoms with Gasteiger partial charge in [-0.3, -0.25) is 14.8 Å². The molecular formula is C18H17N3O2. The first-order valence-electron chi connectivity index (χ1n) is 7.28. The lowest BCUT2D eigenvalue weighted by Gasteiger charge is -2.05. The fourth-order valence-electron chi connectivity index (χ4n) is 2.72.